The maximum Gasteiger partial charge on any atom is 0.317 e. The van der Waals surface area contributed by atoms with E-state index in [1.54, 1.807) is 4.90 Å². The minimum Gasteiger partial charge on any atom is -0.481 e. The number of nitrogens with zero attached hydrogens (tertiary/aromatic N) is 1. The molecule has 2 fully saturated rings. The van der Waals surface area contributed by atoms with Gasteiger partial charge in [0.1, 0.15) is 0 Å². The number of rotatable bonds is 5. The van der Waals surface area contributed by atoms with Crippen molar-refractivity contribution in [3.8, 4) is 0 Å². The minimum atomic E-state index is -0.788. The zero-order valence-corrected chi connectivity index (χ0v) is 12.4. The Morgan fingerprint density at radius 3 is 2.65 bits per heavy atom. The van der Waals surface area contributed by atoms with E-state index in [0.717, 1.165) is 19.4 Å². The van der Waals surface area contributed by atoms with Gasteiger partial charge < -0.3 is 15.3 Å². The summed E-state index contributed by atoms with van der Waals surface area (Å²) in [5, 5.41) is 12.1. The van der Waals surface area contributed by atoms with Crippen molar-refractivity contribution < 1.29 is 14.7 Å². The minimum absolute atomic E-state index is 0.0849. The molecule has 20 heavy (non-hydrogen) atoms. The summed E-state index contributed by atoms with van der Waals surface area (Å²) in [4.78, 5) is 24.9. The molecule has 2 rings (SSSR count). The first-order chi connectivity index (χ1) is 9.56. The zero-order chi connectivity index (χ0) is 14.6. The maximum absolute atomic E-state index is 12.2. The second-order valence-corrected chi connectivity index (χ2v) is 6.39. The molecular weight excluding hydrogens is 256 g/mol. The second-order valence-electron chi connectivity index (χ2n) is 6.39. The standard InChI is InChI=1S/C15H26N2O3/c1-2-6-15(7-4-8-15)11-16-14(20)17-9-3-5-12(10-17)13(18)19/h12H,2-11H2,1H3,(H,16,20)(H,18,19). The SMILES string of the molecule is CCCC1(CNC(=O)N2CCCC(C(=O)O)C2)CCC1. The molecular formula is C15H26N2O3. The average molecular weight is 282 g/mol. The first kappa shape index (κ1) is 15.1. The van der Waals surface area contributed by atoms with Crippen LogP contribution in [0.15, 0.2) is 0 Å². The molecule has 0 spiro atoms. The van der Waals surface area contributed by atoms with E-state index in [4.69, 9.17) is 5.11 Å². The van der Waals surface area contributed by atoms with Crippen molar-refractivity contribution in [1.82, 2.24) is 10.2 Å². The largest absolute Gasteiger partial charge is 0.481 e. The number of nitrogens with one attached hydrogen (secondary N) is 1. The van der Waals surface area contributed by atoms with Gasteiger partial charge in [0.15, 0.2) is 0 Å². The summed E-state index contributed by atoms with van der Waals surface area (Å²) in [7, 11) is 0. The van der Waals surface area contributed by atoms with Gasteiger partial charge >= 0.3 is 12.0 Å². The molecule has 1 saturated carbocycles. The van der Waals surface area contributed by atoms with Gasteiger partial charge in [0.2, 0.25) is 0 Å². The van der Waals surface area contributed by atoms with Gasteiger partial charge in [-0.05, 0) is 37.5 Å². The number of carboxylic acids is 1. The van der Waals surface area contributed by atoms with Crippen LogP contribution in [0.2, 0.25) is 0 Å². The Morgan fingerprint density at radius 2 is 2.10 bits per heavy atom. The number of likely N-dealkylation sites (tertiary alicyclic amines) is 1. The highest BCUT2D eigenvalue weighted by Gasteiger charge is 2.37. The predicted octanol–water partition coefficient (Wildman–Crippen LogP) is 2.46. The molecule has 2 N–H and O–H groups in total. The molecule has 0 bridgehead atoms. The smallest absolute Gasteiger partial charge is 0.317 e. The van der Waals surface area contributed by atoms with Gasteiger partial charge in [-0.25, -0.2) is 4.79 Å². The second kappa shape index (κ2) is 6.46. The molecule has 1 unspecified atom stereocenters. The molecule has 0 aromatic heterocycles. The lowest BCUT2D eigenvalue weighted by molar-refractivity contribution is -0.143. The molecule has 0 radical (unpaired) electrons. The normalized spacial score (nSPS) is 24.9. The van der Waals surface area contributed by atoms with E-state index in [9.17, 15) is 9.59 Å². The number of piperidine rings is 1. The summed E-state index contributed by atoms with van der Waals surface area (Å²) in [6.07, 6.45) is 7.47. The van der Waals surface area contributed by atoms with Crippen molar-refractivity contribution >= 4 is 12.0 Å². The third-order valence-corrected chi connectivity index (χ3v) is 4.87. The number of aliphatic carboxylic acids is 1. The Morgan fingerprint density at radius 1 is 1.35 bits per heavy atom. The summed E-state index contributed by atoms with van der Waals surface area (Å²) in [5.41, 5.74) is 0.312. The zero-order valence-electron chi connectivity index (χ0n) is 12.4. The number of carbonyl (C=O) groups is 2. The molecule has 1 aliphatic heterocycles. The van der Waals surface area contributed by atoms with Gasteiger partial charge in [-0.15, -0.1) is 0 Å². The first-order valence-electron chi connectivity index (χ1n) is 7.82. The van der Waals surface area contributed by atoms with Gasteiger partial charge in [-0.2, -0.15) is 0 Å². The maximum atomic E-state index is 12.2. The van der Waals surface area contributed by atoms with E-state index in [1.165, 1.54) is 25.7 Å². The summed E-state index contributed by atoms with van der Waals surface area (Å²) >= 11 is 0. The van der Waals surface area contributed by atoms with E-state index >= 15 is 0 Å². The summed E-state index contributed by atoms with van der Waals surface area (Å²) < 4.78 is 0. The monoisotopic (exact) mass is 282 g/mol. The molecule has 2 aliphatic rings. The van der Waals surface area contributed by atoms with Crippen LogP contribution in [0.4, 0.5) is 4.79 Å². The van der Waals surface area contributed by atoms with Crippen molar-refractivity contribution in [2.24, 2.45) is 11.3 Å². The van der Waals surface area contributed by atoms with E-state index in [2.05, 4.69) is 12.2 Å². The molecule has 5 heteroatoms. The molecule has 0 aromatic carbocycles. The predicted molar refractivity (Wildman–Crippen MR) is 76.5 cm³/mol. The molecule has 114 valence electrons. The first-order valence-corrected chi connectivity index (χ1v) is 7.82. The Kier molecular flexibility index (Phi) is 4.89. The molecule has 2 amide bonds. The highest BCUT2D eigenvalue weighted by atomic mass is 16.4. The van der Waals surface area contributed by atoms with Crippen LogP contribution in [-0.4, -0.2) is 41.6 Å². The van der Waals surface area contributed by atoms with E-state index in [-0.39, 0.29) is 6.03 Å². The summed E-state index contributed by atoms with van der Waals surface area (Å²) in [6.45, 7) is 3.95. The van der Waals surface area contributed by atoms with E-state index in [0.29, 0.717) is 24.9 Å². The molecule has 1 heterocycles. The number of urea groups is 1. The van der Waals surface area contributed by atoms with Crippen molar-refractivity contribution in [2.45, 2.75) is 51.9 Å². The van der Waals surface area contributed by atoms with Crippen LogP contribution >= 0.6 is 0 Å². The van der Waals surface area contributed by atoms with Crippen molar-refractivity contribution in [3.63, 3.8) is 0 Å². The molecule has 5 nitrogen and oxygen atoms in total. The Hall–Kier alpha value is -1.26. The third kappa shape index (κ3) is 3.44. The van der Waals surface area contributed by atoms with Crippen LogP contribution < -0.4 is 5.32 Å². The number of hydrogen-bond acceptors (Lipinski definition) is 2. The third-order valence-electron chi connectivity index (χ3n) is 4.87. The lowest BCUT2D eigenvalue weighted by Gasteiger charge is -2.42. The topological polar surface area (TPSA) is 69.6 Å². The molecule has 0 aromatic rings. The Labute approximate surface area is 120 Å². The van der Waals surface area contributed by atoms with Gasteiger partial charge in [-0.3, -0.25) is 4.79 Å². The average Bonchev–Trinajstić information content (AvgIpc) is 2.41. The fourth-order valence-corrected chi connectivity index (χ4v) is 3.46. The molecule has 1 saturated heterocycles. The van der Waals surface area contributed by atoms with Crippen molar-refractivity contribution in [1.29, 1.82) is 0 Å². The fraction of sp³-hybridized carbons (Fsp3) is 0.867. The number of carbonyl (C=O) groups excluding carboxylic acids is 1. The quantitative estimate of drug-likeness (QED) is 0.814. The van der Waals surface area contributed by atoms with Crippen LogP contribution in [0, 0.1) is 11.3 Å². The van der Waals surface area contributed by atoms with Gasteiger partial charge in [-0.1, -0.05) is 19.8 Å². The van der Waals surface area contributed by atoms with Crippen LogP contribution in [-0.2, 0) is 4.79 Å². The van der Waals surface area contributed by atoms with Gasteiger partial charge in [0.25, 0.3) is 0 Å². The van der Waals surface area contributed by atoms with Crippen LogP contribution in [0.1, 0.15) is 51.9 Å². The Balaban J connectivity index is 1.80. The fourth-order valence-electron chi connectivity index (χ4n) is 3.46. The van der Waals surface area contributed by atoms with E-state index < -0.39 is 11.9 Å². The summed E-state index contributed by atoms with van der Waals surface area (Å²) in [6, 6.07) is -0.0849. The molecule has 1 aliphatic carbocycles. The van der Waals surface area contributed by atoms with Gasteiger partial charge in [0, 0.05) is 19.6 Å². The van der Waals surface area contributed by atoms with Crippen molar-refractivity contribution in [2.75, 3.05) is 19.6 Å². The lowest BCUT2D eigenvalue weighted by atomic mass is 9.66. The molecule has 1 atom stereocenters. The van der Waals surface area contributed by atoms with Crippen molar-refractivity contribution in [3.05, 3.63) is 0 Å². The number of amides is 2. The Bertz CT molecular complexity index is 366. The van der Waals surface area contributed by atoms with Crippen LogP contribution in [0.5, 0.6) is 0 Å². The van der Waals surface area contributed by atoms with E-state index in [1.807, 2.05) is 0 Å². The summed E-state index contributed by atoms with van der Waals surface area (Å²) in [5.74, 6) is -1.19. The van der Waals surface area contributed by atoms with Crippen LogP contribution in [0.25, 0.3) is 0 Å². The lowest BCUT2D eigenvalue weighted by Crippen LogP contribution is -2.50. The van der Waals surface area contributed by atoms with Gasteiger partial charge in [0.05, 0.1) is 5.92 Å². The number of hydrogen-bond donors (Lipinski definition) is 2. The van der Waals surface area contributed by atoms with Crippen LogP contribution in [0.3, 0.4) is 0 Å². The number of carboxylic acid groups (broad SMARTS) is 1. The highest BCUT2D eigenvalue weighted by Crippen LogP contribution is 2.44. The highest BCUT2D eigenvalue weighted by molar-refractivity contribution is 5.76.